The van der Waals surface area contributed by atoms with Gasteiger partial charge in [0.1, 0.15) is 0 Å². The summed E-state index contributed by atoms with van der Waals surface area (Å²) < 4.78 is 38.1. The second-order valence-corrected chi connectivity index (χ2v) is 4.92. The van der Waals surface area contributed by atoms with Crippen LogP contribution in [0.5, 0.6) is 0 Å². The lowest BCUT2D eigenvalue weighted by Gasteiger charge is -2.33. The quantitative estimate of drug-likeness (QED) is 0.822. The van der Waals surface area contributed by atoms with Crippen molar-refractivity contribution < 1.29 is 13.2 Å². The molecule has 19 heavy (non-hydrogen) atoms. The summed E-state index contributed by atoms with van der Waals surface area (Å²) in [5.74, 6) is -1.21. The Balaban J connectivity index is 1.97. The van der Waals surface area contributed by atoms with E-state index in [0.717, 1.165) is 5.56 Å². The highest BCUT2D eigenvalue weighted by molar-refractivity contribution is 5.31. The third-order valence-corrected chi connectivity index (χ3v) is 3.46. The summed E-state index contributed by atoms with van der Waals surface area (Å²) in [6, 6.07) is 9.02. The van der Waals surface area contributed by atoms with E-state index >= 15 is 0 Å². The molecule has 0 amide bonds. The van der Waals surface area contributed by atoms with E-state index < -0.39 is 12.1 Å². The van der Waals surface area contributed by atoms with E-state index in [-0.39, 0.29) is 13.0 Å². The third-order valence-electron chi connectivity index (χ3n) is 3.46. The average Bonchev–Trinajstić information content (AvgIpc) is 2.39. The molecule has 1 saturated heterocycles. The van der Waals surface area contributed by atoms with E-state index in [0.29, 0.717) is 25.1 Å². The topological polar surface area (TPSA) is 27.0 Å². The van der Waals surface area contributed by atoms with Crippen LogP contribution in [-0.4, -0.2) is 24.2 Å². The molecule has 0 bridgehead atoms. The van der Waals surface area contributed by atoms with Gasteiger partial charge in [0.2, 0.25) is 0 Å². The summed E-state index contributed by atoms with van der Waals surface area (Å²) in [7, 11) is 0. The number of nitriles is 1. The largest absolute Gasteiger partial charge is 0.393 e. The fraction of sp³-hybridized carbons (Fsp3) is 0.500. The molecular formula is C14H15F3N2. The minimum atomic E-state index is -4.09. The Bertz CT molecular complexity index is 459. The number of likely N-dealkylation sites (tertiary alicyclic amines) is 1. The number of alkyl halides is 3. The van der Waals surface area contributed by atoms with E-state index in [9.17, 15) is 13.2 Å². The molecule has 1 atom stereocenters. The molecule has 0 aromatic heterocycles. The lowest BCUT2D eigenvalue weighted by atomic mass is 9.97. The number of hydrogen-bond donors (Lipinski definition) is 0. The first-order valence-corrected chi connectivity index (χ1v) is 6.27. The van der Waals surface area contributed by atoms with Gasteiger partial charge >= 0.3 is 6.18 Å². The summed E-state index contributed by atoms with van der Waals surface area (Å²) in [5.41, 5.74) is 1.51. The van der Waals surface area contributed by atoms with Gasteiger partial charge in [-0.05, 0) is 37.1 Å². The first kappa shape index (κ1) is 13.9. The maximum Gasteiger partial charge on any atom is 0.393 e. The van der Waals surface area contributed by atoms with E-state index in [2.05, 4.69) is 0 Å². The van der Waals surface area contributed by atoms with Gasteiger partial charge in [-0.3, -0.25) is 4.90 Å². The predicted molar refractivity (Wildman–Crippen MR) is 65.2 cm³/mol. The molecule has 5 heteroatoms. The number of rotatable bonds is 2. The number of hydrogen-bond acceptors (Lipinski definition) is 2. The fourth-order valence-corrected chi connectivity index (χ4v) is 2.41. The molecule has 1 aromatic rings. The molecule has 2 nitrogen and oxygen atoms in total. The van der Waals surface area contributed by atoms with E-state index in [4.69, 9.17) is 5.26 Å². The Kier molecular flexibility index (Phi) is 4.11. The highest BCUT2D eigenvalue weighted by Gasteiger charge is 2.41. The van der Waals surface area contributed by atoms with Crippen LogP contribution in [0.2, 0.25) is 0 Å². The molecule has 0 saturated carbocycles. The minimum absolute atomic E-state index is 0.0729. The van der Waals surface area contributed by atoms with Crippen LogP contribution in [0.4, 0.5) is 13.2 Å². The van der Waals surface area contributed by atoms with Crippen LogP contribution in [0.1, 0.15) is 24.0 Å². The van der Waals surface area contributed by atoms with Crippen LogP contribution in [0, 0.1) is 17.2 Å². The molecule has 102 valence electrons. The molecule has 1 aliphatic heterocycles. The minimum Gasteiger partial charge on any atom is -0.298 e. The summed E-state index contributed by atoms with van der Waals surface area (Å²) in [6.45, 7) is 1.29. The maximum absolute atomic E-state index is 12.7. The monoisotopic (exact) mass is 268 g/mol. The van der Waals surface area contributed by atoms with Crippen LogP contribution in [0.15, 0.2) is 24.3 Å². The van der Waals surface area contributed by atoms with Crippen molar-refractivity contribution in [3.8, 4) is 6.07 Å². The van der Waals surface area contributed by atoms with Crippen molar-refractivity contribution in [2.75, 3.05) is 13.1 Å². The van der Waals surface area contributed by atoms with Crippen LogP contribution in [0.25, 0.3) is 0 Å². The molecule has 2 rings (SSSR count). The maximum atomic E-state index is 12.7. The van der Waals surface area contributed by atoms with Crippen LogP contribution in [0.3, 0.4) is 0 Å². The van der Waals surface area contributed by atoms with Crippen molar-refractivity contribution in [1.82, 2.24) is 4.90 Å². The molecular weight excluding hydrogens is 253 g/mol. The van der Waals surface area contributed by atoms with Crippen molar-refractivity contribution in [1.29, 1.82) is 5.26 Å². The number of piperidine rings is 1. The van der Waals surface area contributed by atoms with E-state index in [1.54, 1.807) is 24.3 Å². The normalized spacial score (nSPS) is 21.1. The molecule has 0 radical (unpaired) electrons. The fourth-order valence-electron chi connectivity index (χ4n) is 2.41. The molecule has 0 aliphatic carbocycles. The average molecular weight is 268 g/mol. The summed E-state index contributed by atoms with van der Waals surface area (Å²) >= 11 is 0. The first-order valence-electron chi connectivity index (χ1n) is 6.27. The molecule has 0 N–H and O–H groups in total. The molecule has 0 spiro atoms. The van der Waals surface area contributed by atoms with Gasteiger partial charge in [0.15, 0.2) is 0 Å². The molecule has 1 heterocycles. The molecule has 1 fully saturated rings. The van der Waals surface area contributed by atoms with Crippen molar-refractivity contribution in [3.05, 3.63) is 35.4 Å². The van der Waals surface area contributed by atoms with Gasteiger partial charge in [0.05, 0.1) is 17.6 Å². The number of halogens is 3. The van der Waals surface area contributed by atoms with E-state index in [1.165, 1.54) is 0 Å². The van der Waals surface area contributed by atoms with Crippen LogP contribution in [-0.2, 0) is 6.54 Å². The Morgan fingerprint density at radius 2 is 1.95 bits per heavy atom. The van der Waals surface area contributed by atoms with Crippen molar-refractivity contribution in [2.45, 2.75) is 25.6 Å². The summed E-state index contributed by atoms with van der Waals surface area (Å²) in [6.07, 6.45) is -3.28. The van der Waals surface area contributed by atoms with Gasteiger partial charge in [-0.15, -0.1) is 0 Å². The zero-order valence-electron chi connectivity index (χ0n) is 10.5. The summed E-state index contributed by atoms with van der Waals surface area (Å²) in [5, 5.41) is 8.69. The zero-order chi connectivity index (χ0) is 13.9. The second kappa shape index (κ2) is 5.62. The predicted octanol–water partition coefficient (Wildman–Crippen LogP) is 3.33. The van der Waals surface area contributed by atoms with Gasteiger partial charge in [-0.2, -0.15) is 18.4 Å². The van der Waals surface area contributed by atoms with Crippen molar-refractivity contribution >= 4 is 0 Å². The lowest BCUT2D eigenvalue weighted by molar-refractivity contribution is -0.187. The standard InChI is InChI=1S/C14H15F3N2/c15-14(16,17)13-2-1-7-19(10-13)9-12-5-3-11(8-18)4-6-12/h3-6,13H,1-2,7,9-10H2/t13-/m1/s1. The highest BCUT2D eigenvalue weighted by Crippen LogP contribution is 2.33. The Hall–Kier alpha value is -1.54. The third kappa shape index (κ3) is 3.71. The Morgan fingerprint density at radius 3 is 2.53 bits per heavy atom. The zero-order valence-corrected chi connectivity index (χ0v) is 10.5. The van der Waals surface area contributed by atoms with Crippen LogP contribution < -0.4 is 0 Å². The second-order valence-electron chi connectivity index (χ2n) is 4.92. The molecule has 1 aliphatic rings. The van der Waals surface area contributed by atoms with E-state index in [1.807, 2.05) is 11.0 Å². The Morgan fingerprint density at radius 1 is 1.26 bits per heavy atom. The Labute approximate surface area is 110 Å². The van der Waals surface area contributed by atoms with Gasteiger partial charge in [-0.25, -0.2) is 0 Å². The summed E-state index contributed by atoms with van der Waals surface area (Å²) in [4.78, 5) is 1.84. The van der Waals surface area contributed by atoms with Gasteiger partial charge in [0, 0.05) is 13.1 Å². The molecule has 1 aromatic carbocycles. The first-order chi connectivity index (χ1) is 8.99. The lowest BCUT2D eigenvalue weighted by Crippen LogP contribution is -2.41. The van der Waals surface area contributed by atoms with Gasteiger partial charge in [-0.1, -0.05) is 12.1 Å². The molecule has 0 unspecified atom stereocenters. The smallest absolute Gasteiger partial charge is 0.298 e. The van der Waals surface area contributed by atoms with Gasteiger partial charge < -0.3 is 0 Å². The highest BCUT2D eigenvalue weighted by atomic mass is 19.4. The van der Waals surface area contributed by atoms with Gasteiger partial charge in [0.25, 0.3) is 0 Å². The SMILES string of the molecule is N#Cc1ccc(CN2CCC[C@@H](C(F)(F)F)C2)cc1. The van der Waals surface area contributed by atoms with Crippen molar-refractivity contribution in [3.63, 3.8) is 0 Å². The van der Waals surface area contributed by atoms with Crippen molar-refractivity contribution in [2.24, 2.45) is 5.92 Å². The number of nitrogens with zero attached hydrogens (tertiary/aromatic N) is 2. The van der Waals surface area contributed by atoms with Crippen LogP contribution >= 0.6 is 0 Å². The number of benzene rings is 1.